The Balaban J connectivity index is 2.09. The van der Waals surface area contributed by atoms with Crippen LogP contribution in [0.1, 0.15) is 29.5 Å². The molecule has 6 nitrogen and oxygen atoms in total. The molecule has 0 fully saturated rings. The first-order chi connectivity index (χ1) is 13.7. The first kappa shape index (κ1) is 19.2. The van der Waals surface area contributed by atoms with Crippen molar-refractivity contribution in [3.8, 4) is 17.5 Å². The smallest absolute Gasteiger partial charge is 0.0924 e. The Morgan fingerprint density at radius 1 is 1.21 bits per heavy atom. The van der Waals surface area contributed by atoms with Crippen molar-refractivity contribution >= 4 is 10.9 Å². The van der Waals surface area contributed by atoms with Crippen LogP contribution in [0.4, 0.5) is 0 Å². The maximum Gasteiger partial charge on any atom is 0.0924 e. The van der Waals surface area contributed by atoms with Crippen LogP contribution >= 0.6 is 0 Å². The van der Waals surface area contributed by atoms with Crippen molar-refractivity contribution in [2.75, 3.05) is 0 Å². The number of benzene rings is 1. The molecule has 0 aliphatic carbocycles. The van der Waals surface area contributed by atoms with E-state index in [9.17, 15) is 0 Å². The zero-order chi connectivity index (χ0) is 19.9. The summed E-state index contributed by atoms with van der Waals surface area (Å²) in [6.07, 6.45) is 11.1. The molecule has 5 N–H and O–H groups in total. The Morgan fingerprint density at radius 3 is 2.75 bits per heavy atom. The number of nitrogens with zero attached hydrogens (tertiary/aromatic N) is 3. The standard InChI is InChI=1S/C22H24N6/c1-15-9-20-19(10-17(15)3-2-7-23)18(5-4-16(12-25)6-8-24)11-21(28-20)22-13-26-14-27-22/h6,8-14H,2-5,24-25H2,1H3,(H,26,27)/b8-6-,16-12-. The number of aromatic nitrogens is 3. The lowest BCUT2D eigenvalue weighted by molar-refractivity contribution is 0.963. The number of aromatic amines is 1. The molecule has 2 heterocycles. The van der Waals surface area contributed by atoms with Crippen LogP contribution in [0.25, 0.3) is 22.3 Å². The molecule has 0 saturated carbocycles. The molecule has 0 saturated heterocycles. The Bertz CT molecular complexity index is 1050. The molecular weight excluding hydrogens is 348 g/mol. The van der Waals surface area contributed by atoms with Crippen LogP contribution in [0.2, 0.25) is 0 Å². The molecule has 3 rings (SSSR count). The minimum absolute atomic E-state index is 0.503. The van der Waals surface area contributed by atoms with Gasteiger partial charge < -0.3 is 16.5 Å². The number of nitriles is 1. The molecular formula is C22H24N6. The second-order valence-electron chi connectivity index (χ2n) is 6.69. The topological polar surface area (TPSA) is 117 Å². The summed E-state index contributed by atoms with van der Waals surface area (Å²) < 4.78 is 0. The van der Waals surface area contributed by atoms with Gasteiger partial charge in [-0.2, -0.15) is 5.26 Å². The summed E-state index contributed by atoms with van der Waals surface area (Å²) in [6.45, 7) is 2.07. The van der Waals surface area contributed by atoms with Crippen molar-refractivity contribution in [2.45, 2.75) is 32.6 Å². The van der Waals surface area contributed by atoms with Crippen LogP contribution in [0.15, 0.2) is 54.8 Å². The first-order valence-electron chi connectivity index (χ1n) is 9.24. The van der Waals surface area contributed by atoms with Crippen LogP contribution < -0.4 is 11.5 Å². The lowest BCUT2D eigenvalue weighted by atomic mass is 9.95. The molecule has 0 bridgehead atoms. The predicted molar refractivity (Wildman–Crippen MR) is 112 cm³/mol. The largest absolute Gasteiger partial charge is 0.405 e. The van der Waals surface area contributed by atoms with Gasteiger partial charge >= 0.3 is 0 Å². The summed E-state index contributed by atoms with van der Waals surface area (Å²) in [5, 5.41) is 10.1. The number of fused-ring (bicyclic) bond motifs is 1. The SMILES string of the molecule is Cc1cc2nc(-c3cnc[nH]3)cc(CCC(/C=C\N)=C/N)c2cc1CCC#N. The fraction of sp³-hybridized carbons (Fsp3) is 0.227. The van der Waals surface area contributed by atoms with Gasteiger partial charge in [-0.1, -0.05) is 0 Å². The third-order valence-corrected chi connectivity index (χ3v) is 4.84. The van der Waals surface area contributed by atoms with Crippen LogP contribution in [0.5, 0.6) is 0 Å². The number of allylic oxidation sites excluding steroid dienone is 2. The lowest BCUT2D eigenvalue weighted by Gasteiger charge is -2.13. The minimum atomic E-state index is 0.503. The highest BCUT2D eigenvalue weighted by Gasteiger charge is 2.12. The van der Waals surface area contributed by atoms with E-state index in [1.54, 1.807) is 18.7 Å². The maximum absolute atomic E-state index is 8.94. The summed E-state index contributed by atoms with van der Waals surface area (Å²) in [5.41, 5.74) is 18.4. The van der Waals surface area contributed by atoms with Gasteiger partial charge in [0.2, 0.25) is 0 Å². The monoisotopic (exact) mass is 372 g/mol. The van der Waals surface area contributed by atoms with Crippen molar-refractivity contribution in [3.63, 3.8) is 0 Å². The summed E-state index contributed by atoms with van der Waals surface area (Å²) in [6, 6.07) is 8.60. The summed E-state index contributed by atoms with van der Waals surface area (Å²) >= 11 is 0. The highest BCUT2D eigenvalue weighted by Crippen LogP contribution is 2.28. The van der Waals surface area contributed by atoms with Gasteiger partial charge in [-0.3, -0.25) is 0 Å². The zero-order valence-electron chi connectivity index (χ0n) is 15.9. The molecule has 0 radical (unpaired) electrons. The van der Waals surface area contributed by atoms with E-state index in [1.807, 2.05) is 6.08 Å². The molecule has 28 heavy (non-hydrogen) atoms. The van der Waals surface area contributed by atoms with Crippen LogP contribution in [-0.2, 0) is 12.8 Å². The highest BCUT2D eigenvalue weighted by atomic mass is 14.9. The molecule has 6 heteroatoms. The van der Waals surface area contributed by atoms with E-state index in [2.05, 4.69) is 41.2 Å². The van der Waals surface area contributed by atoms with Crippen molar-refractivity contribution in [1.29, 1.82) is 5.26 Å². The van der Waals surface area contributed by atoms with Crippen molar-refractivity contribution < 1.29 is 0 Å². The van der Waals surface area contributed by atoms with Crippen LogP contribution in [0, 0.1) is 18.3 Å². The molecule has 0 aliphatic rings. The second kappa shape index (κ2) is 8.87. The molecule has 0 unspecified atom stereocenters. The van der Waals surface area contributed by atoms with Gasteiger partial charge in [0.25, 0.3) is 0 Å². The Hall–Kier alpha value is -3.59. The number of aryl methyl sites for hydroxylation is 3. The van der Waals surface area contributed by atoms with E-state index < -0.39 is 0 Å². The summed E-state index contributed by atoms with van der Waals surface area (Å²) in [5.74, 6) is 0. The van der Waals surface area contributed by atoms with Crippen molar-refractivity contribution in [3.05, 3.63) is 71.5 Å². The van der Waals surface area contributed by atoms with E-state index in [1.165, 1.54) is 17.3 Å². The molecule has 0 spiro atoms. The average Bonchev–Trinajstić information content (AvgIpc) is 3.24. The van der Waals surface area contributed by atoms with Crippen molar-refractivity contribution in [1.82, 2.24) is 15.0 Å². The molecule has 0 amide bonds. The second-order valence-corrected chi connectivity index (χ2v) is 6.69. The number of nitrogens with one attached hydrogen (secondary N) is 1. The third kappa shape index (κ3) is 4.21. The maximum atomic E-state index is 8.94. The number of H-pyrrole nitrogens is 1. The normalized spacial score (nSPS) is 11.9. The van der Waals surface area contributed by atoms with E-state index in [0.29, 0.717) is 6.42 Å². The van der Waals surface area contributed by atoms with E-state index >= 15 is 0 Å². The Morgan fingerprint density at radius 2 is 2.07 bits per heavy atom. The highest BCUT2D eigenvalue weighted by molar-refractivity contribution is 5.86. The number of imidazole rings is 1. The van der Waals surface area contributed by atoms with E-state index in [0.717, 1.165) is 52.7 Å². The van der Waals surface area contributed by atoms with Gasteiger partial charge in [0.1, 0.15) is 0 Å². The Kier molecular flexibility index (Phi) is 6.07. The van der Waals surface area contributed by atoms with E-state index in [4.69, 9.17) is 21.7 Å². The molecule has 2 aromatic heterocycles. The van der Waals surface area contributed by atoms with Crippen LogP contribution in [0.3, 0.4) is 0 Å². The fourth-order valence-electron chi connectivity index (χ4n) is 3.32. The van der Waals surface area contributed by atoms with E-state index in [-0.39, 0.29) is 0 Å². The van der Waals surface area contributed by atoms with Gasteiger partial charge in [0, 0.05) is 11.8 Å². The Labute approximate surface area is 164 Å². The minimum Gasteiger partial charge on any atom is -0.405 e. The summed E-state index contributed by atoms with van der Waals surface area (Å²) in [7, 11) is 0. The number of hydrogen-bond acceptors (Lipinski definition) is 5. The summed E-state index contributed by atoms with van der Waals surface area (Å²) in [4.78, 5) is 12.1. The number of pyridine rings is 1. The average molecular weight is 372 g/mol. The van der Waals surface area contributed by atoms with Crippen LogP contribution in [-0.4, -0.2) is 15.0 Å². The van der Waals surface area contributed by atoms with Crippen molar-refractivity contribution in [2.24, 2.45) is 11.5 Å². The van der Waals surface area contributed by atoms with Gasteiger partial charge in [-0.25, -0.2) is 9.97 Å². The zero-order valence-corrected chi connectivity index (χ0v) is 15.9. The van der Waals surface area contributed by atoms with Gasteiger partial charge in [-0.05, 0) is 85.1 Å². The number of hydrogen-bond donors (Lipinski definition) is 3. The number of nitrogens with two attached hydrogens (primary N) is 2. The number of rotatable bonds is 7. The van der Waals surface area contributed by atoms with Gasteiger partial charge in [0.15, 0.2) is 0 Å². The molecule has 0 atom stereocenters. The third-order valence-electron chi connectivity index (χ3n) is 4.84. The molecule has 1 aromatic carbocycles. The fourth-order valence-corrected chi connectivity index (χ4v) is 3.32. The van der Waals surface area contributed by atoms with Gasteiger partial charge in [0.05, 0.1) is 35.5 Å². The first-order valence-corrected chi connectivity index (χ1v) is 9.24. The molecule has 0 aliphatic heterocycles. The quantitative estimate of drug-likeness (QED) is 0.547. The van der Waals surface area contributed by atoms with Gasteiger partial charge in [-0.15, -0.1) is 0 Å². The molecule has 142 valence electrons. The lowest BCUT2D eigenvalue weighted by Crippen LogP contribution is -1.98. The predicted octanol–water partition coefficient (Wildman–Crippen LogP) is 3.64. The molecule has 3 aromatic rings.